The molecule has 90 valence electrons. The van der Waals surface area contributed by atoms with Crippen molar-refractivity contribution >= 4 is 0 Å². The first-order chi connectivity index (χ1) is 8.09. The van der Waals surface area contributed by atoms with Gasteiger partial charge in [-0.25, -0.2) is 4.39 Å². The van der Waals surface area contributed by atoms with Crippen LogP contribution in [0.5, 0.6) is 0 Å². The topological polar surface area (TPSA) is 36.3 Å². The number of hydrogen-bond acceptors (Lipinski definition) is 3. The molecule has 1 saturated heterocycles. The molecule has 4 heteroatoms. The van der Waals surface area contributed by atoms with Crippen molar-refractivity contribution in [3.8, 4) is 6.07 Å². The van der Waals surface area contributed by atoms with E-state index in [9.17, 15) is 9.65 Å². The zero-order valence-electron chi connectivity index (χ0n) is 9.98. The summed E-state index contributed by atoms with van der Waals surface area (Å²) in [6.07, 6.45) is 0. The summed E-state index contributed by atoms with van der Waals surface area (Å²) in [5, 5.41) is 9.34. The molecule has 0 bridgehead atoms. The normalized spacial score (nSPS) is 19.5. The van der Waals surface area contributed by atoms with Crippen LogP contribution in [0.25, 0.3) is 0 Å². The first-order valence-corrected chi connectivity index (χ1v) is 5.50. The van der Waals surface area contributed by atoms with Crippen LogP contribution in [0.3, 0.4) is 0 Å². The van der Waals surface area contributed by atoms with Crippen LogP contribution in [-0.4, -0.2) is 32.2 Å². The SMILES string of the molecule is CN(C)C(c1cccc(F)c1)C1(C#N)COC1. The molecule has 1 aromatic rings. The molecule has 1 unspecified atom stereocenters. The Morgan fingerprint density at radius 1 is 1.47 bits per heavy atom. The van der Waals surface area contributed by atoms with E-state index in [1.54, 1.807) is 6.07 Å². The average molecular weight is 234 g/mol. The van der Waals surface area contributed by atoms with Crippen LogP contribution in [-0.2, 0) is 4.74 Å². The second-order valence-electron chi connectivity index (χ2n) is 4.68. The van der Waals surface area contributed by atoms with Crippen LogP contribution < -0.4 is 0 Å². The second-order valence-corrected chi connectivity index (χ2v) is 4.68. The van der Waals surface area contributed by atoms with E-state index in [0.29, 0.717) is 13.2 Å². The molecule has 2 rings (SSSR count). The van der Waals surface area contributed by atoms with E-state index >= 15 is 0 Å². The lowest BCUT2D eigenvalue weighted by molar-refractivity contribution is -0.115. The lowest BCUT2D eigenvalue weighted by atomic mass is 9.76. The Morgan fingerprint density at radius 3 is 2.59 bits per heavy atom. The van der Waals surface area contributed by atoms with Crippen LogP contribution >= 0.6 is 0 Å². The van der Waals surface area contributed by atoms with Gasteiger partial charge in [-0.2, -0.15) is 5.26 Å². The Morgan fingerprint density at radius 2 is 2.18 bits per heavy atom. The minimum atomic E-state index is -0.558. The number of nitrogens with zero attached hydrogens (tertiary/aromatic N) is 2. The predicted octanol–water partition coefficient (Wildman–Crippen LogP) is 1.97. The summed E-state index contributed by atoms with van der Waals surface area (Å²) in [5.41, 5.74) is 0.261. The van der Waals surface area contributed by atoms with Crippen LogP contribution in [0, 0.1) is 22.6 Å². The number of ether oxygens (including phenoxy) is 1. The van der Waals surface area contributed by atoms with Crippen molar-refractivity contribution in [2.75, 3.05) is 27.3 Å². The standard InChI is InChI=1S/C13H15FN2O/c1-16(2)12(13(7-15)8-17-9-13)10-4-3-5-11(14)6-10/h3-6,12H,8-9H2,1-2H3. The number of hydrogen-bond donors (Lipinski definition) is 0. The summed E-state index contributed by atoms with van der Waals surface area (Å²) in [6.45, 7) is 0.811. The van der Waals surface area contributed by atoms with E-state index in [1.165, 1.54) is 12.1 Å². The minimum Gasteiger partial charge on any atom is -0.378 e. The molecular formula is C13H15FN2O. The predicted molar refractivity (Wildman–Crippen MR) is 61.7 cm³/mol. The lowest BCUT2D eigenvalue weighted by Crippen LogP contribution is -2.50. The molecule has 1 heterocycles. The van der Waals surface area contributed by atoms with Crippen molar-refractivity contribution in [3.05, 3.63) is 35.6 Å². The summed E-state index contributed by atoms with van der Waals surface area (Å²) >= 11 is 0. The van der Waals surface area contributed by atoms with E-state index in [2.05, 4.69) is 6.07 Å². The van der Waals surface area contributed by atoms with Gasteiger partial charge in [0.1, 0.15) is 11.2 Å². The summed E-state index contributed by atoms with van der Waals surface area (Å²) < 4.78 is 18.4. The molecule has 1 fully saturated rings. The fraction of sp³-hybridized carbons (Fsp3) is 0.462. The third-order valence-electron chi connectivity index (χ3n) is 3.15. The maximum absolute atomic E-state index is 13.3. The third-order valence-corrected chi connectivity index (χ3v) is 3.15. The van der Waals surface area contributed by atoms with Gasteiger partial charge >= 0.3 is 0 Å². The monoisotopic (exact) mass is 234 g/mol. The number of halogens is 1. The number of rotatable bonds is 3. The van der Waals surface area contributed by atoms with E-state index in [1.807, 2.05) is 25.1 Å². The van der Waals surface area contributed by atoms with Gasteiger partial charge in [-0.05, 0) is 31.8 Å². The maximum atomic E-state index is 13.3. The fourth-order valence-electron chi connectivity index (χ4n) is 2.39. The van der Waals surface area contributed by atoms with E-state index in [-0.39, 0.29) is 11.9 Å². The lowest BCUT2D eigenvalue weighted by Gasteiger charge is -2.44. The maximum Gasteiger partial charge on any atom is 0.123 e. The molecule has 0 N–H and O–H groups in total. The number of benzene rings is 1. The van der Waals surface area contributed by atoms with Crippen molar-refractivity contribution in [2.24, 2.45) is 5.41 Å². The Kier molecular flexibility index (Phi) is 3.14. The largest absolute Gasteiger partial charge is 0.378 e. The Hall–Kier alpha value is -1.44. The average Bonchev–Trinajstić information content (AvgIpc) is 2.22. The van der Waals surface area contributed by atoms with Gasteiger partial charge in [0.05, 0.1) is 25.3 Å². The second kappa shape index (κ2) is 4.44. The van der Waals surface area contributed by atoms with Gasteiger partial charge in [0.25, 0.3) is 0 Å². The van der Waals surface area contributed by atoms with Crippen LogP contribution in [0.1, 0.15) is 11.6 Å². The van der Waals surface area contributed by atoms with Gasteiger partial charge in [-0.1, -0.05) is 12.1 Å². The van der Waals surface area contributed by atoms with Crippen molar-refractivity contribution in [3.63, 3.8) is 0 Å². The molecule has 17 heavy (non-hydrogen) atoms. The van der Waals surface area contributed by atoms with E-state index < -0.39 is 5.41 Å². The number of nitriles is 1. The quantitative estimate of drug-likeness (QED) is 0.802. The Labute approximate surface area is 100 Å². The van der Waals surface area contributed by atoms with Gasteiger partial charge < -0.3 is 9.64 Å². The minimum absolute atomic E-state index is 0.142. The van der Waals surface area contributed by atoms with Gasteiger partial charge in [0.15, 0.2) is 0 Å². The Balaban J connectivity index is 2.40. The summed E-state index contributed by atoms with van der Waals surface area (Å²) in [6, 6.07) is 8.61. The van der Waals surface area contributed by atoms with E-state index in [4.69, 9.17) is 4.74 Å². The van der Waals surface area contributed by atoms with Gasteiger partial charge in [-0.15, -0.1) is 0 Å². The van der Waals surface area contributed by atoms with Gasteiger partial charge in [-0.3, -0.25) is 0 Å². The van der Waals surface area contributed by atoms with Crippen molar-refractivity contribution < 1.29 is 9.13 Å². The molecule has 0 radical (unpaired) electrons. The molecule has 1 atom stereocenters. The molecule has 1 aliphatic heterocycles. The highest BCUT2D eigenvalue weighted by Gasteiger charge is 2.48. The molecule has 0 aliphatic carbocycles. The highest BCUT2D eigenvalue weighted by atomic mass is 19.1. The zero-order valence-corrected chi connectivity index (χ0v) is 9.98. The molecular weight excluding hydrogens is 219 g/mol. The summed E-state index contributed by atoms with van der Waals surface area (Å²) in [5.74, 6) is -0.275. The molecule has 0 aromatic heterocycles. The van der Waals surface area contributed by atoms with E-state index in [0.717, 1.165) is 5.56 Å². The fourth-order valence-corrected chi connectivity index (χ4v) is 2.39. The highest BCUT2D eigenvalue weighted by molar-refractivity contribution is 5.27. The molecule has 0 spiro atoms. The van der Waals surface area contributed by atoms with Crippen molar-refractivity contribution in [2.45, 2.75) is 6.04 Å². The molecule has 1 aromatic carbocycles. The zero-order chi connectivity index (χ0) is 12.5. The van der Waals surface area contributed by atoms with Crippen LogP contribution in [0.4, 0.5) is 4.39 Å². The Bertz CT molecular complexity index is 449. The molecule has 0 amide bonds. The van der Waals surface area contributed by atoms with Gasteiger partial charge in [0, 0.05) is 0 Å². The summed E-state index contributed by atoms with van der Waals surface area (Å²) in [7, 11) is 3.79. The molecule has 1 aliphatic rings. The highest BCUT2D eigenvalue weighted by Crippen LogP contribution is 2.42. The van der Waals surface area contributed by atoms with Crippen LogP contribution in [0.2, 0.25) is 0 Å². The van der Waals surface area contributed by atoms with Crippen molar-refractivity contribution in [1.82, 2.24) is 4.90 Å². The summed E-state index contributed by atoms with van der Waals surface area (Å²) in [4.78, 5) is 1.94. The first kappa shape index (κ1) is 12.0. The first-order valence-electron chi connectivity index (χ1n) is 5.50. The molecule has 3 nitrogen and oxygen atoms in total. The smallest absolute Gasteiger partial charge is 0.123 e. The molecule has 0 saturated carbocycles. The van der Waals surface area contributed by atoms with Crippen molar-refractivity contribution in [1.29, 1.82) is 5.26 Å². The van der Waals surface area contributed by atoms with Gasteiger partial charge in [0.2, 0.25) is 0 Å². The van der Waals surface area contributed by atoms with Crippen LogP contribution in [0.15, 0.2) is 24.3 Å². The third kappa shape index (κ3) is 2.04.